The molecule has 0 aliphatic heterocycles. The Hall–Kier alpha value is -1.77. The van der Waals surface area contributed by atoms with Gasteiger partial charge in [-0.1, -0.05) is 0 Å². The molecule has 0 bridgehead atoms. The third kappa shape index (κ3) is 0.955. The molecule has 12 heavy (non-hydrogen) atoms. The summed E-state index contributed by atoms with van der Waals surface area (Å²) in [6, 6.07) is 7.04. The summed E-state index contributed by atoms with van der Waals surface area (Å²) in [5, 5.41) is 0.966. The van der Waals surface area contributed by atoms with E-state index in [1.807, 2.05) is 12.3 Å². The van der Waals surface area contributed by atoms with Gasteiger partial charge in [0.05, 0.1) is 0 Å². The molecule has 0 saturated carbocycles. The number of H-pyrrole nitrogens is 1. The van der Waals surface area contributed by atoms with E-state index in [1.54, 1.807) is 18.2 Å². The number of aromatic amines is 1. The maximum absolute atomic E-state index is 10.7. The second kappa shape index (κ2) is 2.37. The average molecular weight is 159 g/mol. The molecule has 1 radical (unpaired) electrons. The molecule has 0 aliphatic rings. The summed E-state index contributed by atoms with van der Waals surface area (Å²) in [6.07, 6.45) is 1.81. The van der Waals surface area contributed by atoms with Crippen LogP contribution in [0.25, 0.3) is 10.9 Å². The van der Waals surface area contributed by atoms with Gasteiger partial charge in [-0.3, -0.25) is 10.5 Å². The molecule has 3 heteroatoms. The molecule has 0 spiro atoms. The van der Waals surface area contributed by atoms with Gasteiger partial charge in [-0.2, -0.15) is 0 Å². The Morgan fingerprint density at radius 2 is 2.17 bits per heavy atom. The van der Waals surface area contributed by atoms with Crippen LogP contribution in [0.3, 0.4) is 0 Å². The molecule has 0 unspecified atom stereocenters. The van der Waals surface area contributed by atoms with Crippen LogP contribution in [0.4, 0.5) is 0 Å². The van der Waals surface area contributed by atoms with Crippen LogP contribution in [0, 0.1) is 0 Å². The van der Waals surface area contributed by atoms with Crippen LogP contribution >= 0.6 is 0 Å². The van der Waals surface area contributed by atoms with Crippen molar-refractivity contribution in [3.05, 3.63) is 36.0 Å². The number of aromatic nitrogens is 1. The van der Waals surface area contributed by atoms with Crippen molar-refractivity contribution in [2.75, 3.05) is 0 Å². The summed E-state index contributed by atoms with van der Waals surface area (Å²) in [4.78, 5) is 13.7. The van der Waals surface area contributed by atoms with Gasteiger partial charge < -0.3 is 4.98 Å². The minimum absolute atomic E-state index is 0.433. The molecule has 1 aromatic carbocycles. The fraction of sp³-hybridized carbons (Fsp3) is 0. The summed E-state index contributed by atoms with van der Waals surface area (Å²) in [6.45, 7) is 0. The predicted octanol–water partition coefficient (Wildman–Crippen LogP) is 1.59. The quantitative estimate of drug-likeness (QED) is 0.674. The Kier molecular flexibility index (Phi) is 1.37. The van der Waals surface area contributed by atoms with Crippen LogP contribution < -0.4 is 5.73 Å². The zero-order valence-electron chi connectivity index (χ0n) is 6.29. The van der Waals surface area contributed by atoms with Crippen molar-refractivity contribution in [3.8, 4) is 0 Å². The maximum atomic E-state index is 10.7. The minimum atomic E-state index is -0.641. The van der Waals surface area contributed by atoms with Crippen LogP contribution in [0.1, 0.15) is 10.4 Å². The fourth-order valence-corrected chi connectivity index (χ4v) is 1.19. The van der Waals surface area contributed by atoms with Crippen LogP contribution in [0.15, 0.2) is 30.5 Å². The summed E-state index contributed by atoms with van der Waals surface area (Å²) in [7, 11) is 0. The Morgan fingerprint density at radius 1 is 1.33 bits per heavy atom. The van der Waals surface area contributed by atoms with Crippen LogP contribution in [-0.2, 0) is 0 Å². The number of hydrogen-bond donors (Lipinski definition) is 1. The van der Waals surface area contributed by atoms with E-state index >= 15 is 0 Å². The van der Waals surface area contributed by atoms with E-state index in [9.17, 15) is 4.79 Å². The standard InChI is InChI=1S/C9H7N2O/c10-9(12)7-1-2-8-6(5-7)3-4-11-8/h1-5,10-11H. The van der Waals surface area contributed by atoms with Gasteiger partial charge in [-0.25, -0.2) is 0 Å². The van der Waals surface area contributed by atoms with Crippen molar-refractivity contribution in [1.82, 2.24) is 10.7 Å². The molecule has 0 saturated heterocycles. The van der Waals surface area contributed by atoms with E-state index in [-0.39, 0.29) is 0 Å². The molecule has 2 aromatic rings. The van der Waals surface area contributed by atoms with Gasteiger partial charge in [0.1, 0.15) is 0 Å². The van der Waals surface area contributed by atoms with E-state index in [1.165, 1.54) is 0 Å². The first-order chi connectivity index (χ1) is 5.77. The van der Waals surface area contributed by atoms with Gasteiger partial charge in [0.25, 0.3) is 5.91 Å². The maximum Gasteiger partial charge on any atom is 0.269 e. The van der Waals surface area contributed by atoms with Gasteiger partial charge >= 0.3 is 0 Å². The highest BCUT2D eigenvalue weighted by Crippen LogP contribution is 2.13. The molecule has 59 valence electrons. The summed E-state index contributed by atoms with van der Waals surface area (Å²) in [5.41, 5.74) is 8.32. The molecule has 2 N–H and O–H groups in total. The number of nitrogens with one attached hydrogen (secondary N) is 2. The fourth-order valence-electron chi connectivity index (χ4n) is 1.19. The molecule has 1 amide bonds. The lowest BCUT2D eigenvalue weighted by Crippen LogP contribution is -1.97. The SMILES string of the molecule is [NH]C(=O)c1ccc2[nH]ccc2c1. The van der Waals surface area contributed by atoms with Gasteiger partial charge in [0.15, 0.2) is 0 Å². The van der Waals surface area contributed by atoms with Crippen LogP contribution in [0.2, 0.25) is 0 Å². The molecule has 1 heterocycles. The van der Waals surface area contributed by atoms with Gasteiger partial charge in [0.2, 0.25) is 0 Å². The third-order valence-corrected chi connectivity index (χ3v) is 1.82. The van der Waals surface area contributed by atoms with Gasteiger partial charge in [-0.15, -0.1) is 0 Å². The summed E-state index contributed by atoms with van der Waals surface area (Å²) >= 11 is 0. The molecular weight excluding hydrogens is 152 g/mol. The Bertz CT molecular complexity index is 431. The van der Waals surface area contributed by atoms with E-state index in [0.717, 1.165) is 10.9 Å². The monoisotopic (exact) mass is 159 g/mol. The molecule has 0 fully saturated rings. The first-order valence-corrected chi connectivity index (χ1v) is 3.60. The zero-order valence-corrected chi connectivity index (χ0v) is 6.29. The van der Waals surface area contributed by atoms with Crippen LogP contribution in [0.5, 0.6) is 0 Å². The Balaban J connectivity index is 2.68. The first-order valence-electron chi connectivity index (χ1n) is 3.60. The first kappa shape index (κ1) is 6.91. The van der Waals surface area contributed by atoms with Crippen molar-refractivity contribution in [3.63, 3.8) is 0 Å². The second-order valence-corrected chi connectivity index (χ2v) is 2.61. The van der Waals surface area contributed by atoms with E-state index in [0.29, 0.717) is 5.56 Å². The number of fused-ring (bicyclic) bond motifs is 1. The Morgan fingerprint density at radius 3 is 2.92 bits per heavy atom. The van der Waals surface area contributed by atoms with Crippen molar-refractivity contribution < 1.29 is 4.79 Å². The topological polar surface area (TPSA) is 56.7 Å². The Labute approximate surface area is 69.2 Å². The highest BCUT2D eigenvalue weighted by molar-refractivity contribution is 5.96. The smallest absolute Gasteiger partial charge is 0.269 e. The lowest BCUT2D eigenvalue weighted by Gasteiger charge is -1.93. The number of hydrogen-bond acceptors (Lipinski definition) is 1. The minimum Gasteiger partial charge on any atom is -0.361 e. The van der Waals surface area contributed by atoms with Crippen molar-refractivity contribution >= 4 is 16.8 Å². The van der Waals surface area contributed by atoms with Crippen molar-refractivity contribution in [2.24, 2.45) is 0 Å². The molecule has 0 atom stereocenters. The molecule has 3 nitrogen and oxygen atoms in total. The normalized spacial score (nSPS) is 10.3. The molecule has 2 rings (SSSR count). The largest absolute Gasteiger partial charge is 0.361 e. The second-order valence-electron chi connectivity index (χ2n) is 2.61. The van der Waals surface area contributed by atoms with Gasteiger partial charge in [-0.05, 0) is 24.3 Å². The predicted molar refractivity (Wildman–Crippen MR) is 45.7 cm³/mol. The summed E-state index contributed by atoms with van der Waals surface area (Å²) < 4.78 is 0. The van der Waals surface area contributed by atoms with E-state index < -0.39 is 5.91 Å². The number of amides is 1. The average Bonchev–Trinajstić information content (AvgIpc) is 2.49. The highest BCUT2D eigenvalue weighted by atomic mass is 16.1. The lowest BCUT2D eigenvalue weighted by atomic mass is 10.1. The van der Waals surface area contributed by atoms with Crippen molar-refractivity contribution in [1.29, 1.82) is 0 Å². The van der Waals surface area contributed by atoms with Gasteiger partial charge in [0, 0.05) is 22.7 Å². The molecule has 0 aliphatic carbocycles. The van der Waals surface area contributed by atoms with Crippen molar-refractivity contribution in [2.45, 2.75) is 0 Å². The molecular formula is C9H7N2O. The summed E-state index contributed by atoms with van der Waals surface area (Å²) in [5.74, 6) is -0.641. The number of carbonyl (C=O) groups is 1. The van der Waals surface area contributed by atoms with Crippen LogP contribution in [-0.4, -0.2) is 10.9 Å². The number of carbonyl (C=O) groups excluding carboxylic acids is 1. The third-order valence-electron chi connectivity index (χ3n) is 1.82. The number of benzene rings is 1. The number of rotatable bonds is 1. The molecule has 1 aromatic heterocycles. The zero-order chi connectivity index (χ0) is 8.55. The van der Waals surface area contributed by atoms with E-state index in [2.05, 4.69) is 4.98 Å². The van der Waals surface area contributed by atoms with E-state index in [4.69, 9.17) is 5.73 Å². The lowest BCUT2D eigenvalue weighted by molar-refractivity contribution is 0.0992. The highest BCUT2D eigenvalue weighted by Gasteiger charge is 2.01.